The topological polar surface area (TPSA) is 62.2 Å². The predicted octanol–water partition coefficient (Wildman–Crippen LogP) is 4.30. The molecule has 3 rings (SSSR count). The lowest BCUT2D eigenvalue weighted by molar-refractivity contribution is 0.179. The van der Waals surface area contributed by atoms with Gasteiger partial charge in [-0.2, -0.15) is 0 Å². The van der Waals surface area contributed by atoms with E-state index in [9.17, 15) is 9.18 Å². The summed E-state index contributed by atoms with van der Waals surface area (Å²) in [5.41, 5.74) is 1.98. The van der Waals surface area contributed by atoms with Crippen molar-refractivity contribution in [3.63, 3.8) is 0 Å². The Bertz CT molecular complexity index is 711. The van der Waals surface area contributed by atoms with Gasteiger partial charge in [-0.05, 0) is 74.3 Å². The van der Waals surface area contributed by atoms with Crippen LogP contribution in [0.4, 0.5) is 9.18 Å². The molecule has 1 atom stereocenters. The van der Waals surface area contributed by atoms with Gasteiger partial charge in [-0.15, -0.1) is 0 Å². The normalized spacial score (nSPS) is 22.7. The summed E-state index contributed by atoms with van der Waals surface area (Å²) >= 11 is 0. The molecule has 1 aliphatic carbocycles. The Labute approximate surface area is 134 Å². The molecule has 1 heterocycles. The average Bonchev–Trinajstić information content (AvgIpc) is 2.54. The number of halogens is 1. The highest BCUT2D eigenvalue weighted by atomic mass is 19.1. The molecule has 1 saturated carbocycles. The number of aromatic nitrogens is 1. The lowest BCUT2D eigenvalue weighted by Gasteiger charge is -2.32. The number of nitrogens with zero attached hydrogens (tertiary/aromatic N) is 1. The van der Waals surface area contributed by atoms with Crippen LogP contribution >= 0.6 is 0 Å². The number of fused-ring (bicyclic) bond motifs is 1. The van der Waals surface area contributed by atoms with Crippen LogP contribution in [0.1, 0.15) is 44.1 Å². The maximum Gasteiger partial charge on any atom is 0.404 e. The third kappa shape index (κ3) is 3.44. The number of benzene rings is 1. The Morgan fingerprint density at radius 2 is 2.04 bits per heavy atom. The molecule has 122 valence electrons. The van der Waals surface area contributed by atoms with Crippen molar-refractivity contribution in [1.29, 1.82) is 0 Å². The predicted molar refractivity (Wildman–Crippen MR) is 87.0 cm³/mol. The SMILES string of the molecule is C[C@@H](NC(=O)O)C1CCC(c2ccnc3ccc(F)cc23)CC1. The van der Waals surface area contributed by atoms with Gasteiger partial charge in [0, 0.05) is 17.6 Å². The molecule has 2 N–H and O–H groups in total. The van der Waals surface area contributed by atoms with Crippen LogP contribution in [0.3, 0.4) is 0 Å². The van der Waals surface area contributed by atoms with E-state index in [0.29, 0.717) is 11.8 Å². The molecular weight excluding hydrogens is 295 g/mol. The van der Waals surface area contributed by atoms with Crippen LogP contribution in [0.25, 0.3) is 10.9 Å². The van der Waals surface area contributed by atoms with Crippen molar-refractivity contribution in [2.45, 2.75) is 44.6 Å². The van der Waals surface area contributed by atoms with Gasteiger partial charge in [0.25, 0.3) is 0 Å². The summed E-state index contributed by atoms with van der Waals surface area (Å²) in [4.78, 5) is 15.1. The number of nitrogens with one attached hydrogen (secondary N) is 1. The lowest BCUT2D eigenvalue weighted by Crippen LogP contribution is -2.38. The Balaban J connectivity index is 1.75. The standard InChI is InChI=1S/C18H21FN2O2/c1-11(21-18(22)23)12-2-4-13(5-3-12)15-8-9-20-17-7-6-14(19)10-16(15)17/h6-13,21H,2-5H2,1H3,(H,22,23)/t11-,12?,13?/m1/s1. The molecule has 0 saturated heterocycles. The smallest absolute Gasteiger partial charge is 0.404 e. The zero-order valence-electron chi connectivity index (χ0n) is 13.1. The van der Waals surface area contributed by atoms with Gasteiger partial charge in [-0.3, -0.25) is 4.98 Å². The number of rotatable bonds is 3. The number of pyridine rings is 1. The van der Waals surface area contributed by atoms with Crippen molar-refractivity contribution >= 4 is 17.0 Å². The Morgan fingerprint density at radius 3 is 2.74 bits per heavy atom. The van der Waals surface area contributed by atoms with Crippen LogP contribution in [0.5, 0.6) is 0 Å². The molecule has 0 spiro atoms. The van der Waals surface area contributed by atoms with Crippen molar-refractivity contribution in [3.05, 3.63) is 41.8 Å². The van der Waals surface area contributed by atoms with Gasteiger partial charge in [0.2, 0.25) is 0 Å². The highest BCUT2D eigenvalue weighted by Gasteiger charge is 2.27. The van der Waals surface area contributed by atoms with Gasteiger partial charge >= 0.3 is 6.09 Å². The van der Waals surface area contributed by atoms with E-state index in [1.165, 1.54) is 6.07 Å². The molecule has 1 amide bonds. The first-order valence-corrected chi connectivity index (χ1v) is 8.08. The molecule has 0 bridgehead atoms. The van der Waals surface area contributed by atoms with Gasteiger partial charge in [0.05, 0.1) is 5.52 Å². The van der Waals surface area contributed by atoms with Crippen LogP contribution in [0.15, 0.2) is 30.5 Å². The van der Waals surface area contributed by atoms with Gasteiger partial charge in [0.15, 0.2) is 0 Å². The van der Waals surface area contributed by atoms with Crippen LogP contribution in [-0.4, -0.2) is 22.2 Å². The van der Waals surface area contributed by atoms with E-state index in [1.54, 1.807) is 18.3 Å². The van der Waals surface area contributed by atoms with Gasteiger partial charge in [-0.1, -0.05) is 0 Å². The number of hydrogen-bond donors (Lipinski definition) is 2. The summed E-state index contributed by atoms with van der Waals surface area (Å²) in [5, 5.41) is 12.3. The van der Waals surface area contributed by atoms with E-state index in [2.05, 4.69) is 10.3 Å². The molecule has 1 fully saturated rings. The third-order valence-electron chi connectivity index (χ3n) is 5.01. The van der Waals surface area contributed by atoms with E-state index < -0.39 is 6.09 Å². The molecule has 1 aromatic carbocycles. The highest BCUT2D eigenvalue weighted by molar-refractivity contribution is 5.82. The van der Waals surface area contributed by atoms with Crippen LogP contribution < -0.4 is 5.32 Å². The number of amides is 1. The van der Waals surface area contributed by atoms with Gasteiger partial charge in [-0.25, -0.2) is 9.18 Å². The second kappa shape index (κ2) is 6.52. The first-order valence-electron chi connectivity index (χ1n) is 8.08. The van der Waals surface area contributed by atoms with Crippen LogP contribution in [-0.2, 0) is 0 Å². The molecular formula is C18H21FN2O2. The average molecular weight is 316 g/mol. The lowest BCUT2D eigenvalue weighted by atomic mass is 9.75. The zero-order valence-corrected chi connectivity index (χ0v) is 13.1. The molecule has 0 aliphatic heterocycles. The molecule has 4 nitrogen and oxygen atoms in total. The minimum absolute atomic E-state index is 0.0277. The third-order valence-corrected chi connectivity index (χ3v) is 5.01. The van der Waals surface area contributed by atoms with Crippen LogP contribution in [0, 0.1) is 11.7 Å². The second-order valence-electron chi connectivity index (χ2n) is 6.41. The zero-order chi connectivity index (χ0) is 16.4. The highest BCUT2D eigenvalue weighted by Crippen LogP contribution is 2.39. The van der Waals surface area contributed by atoms with Crippen molar-refractivity contribution in [2.75, 3.05) is 0 Å². The van der Waals surface area contributed by atoms with E-state index in [-0.39, 0.29) is 11.9 Å². The first kappa shape index (κ1) is 15.7. The van der Waals surface area contributed by atoms with Gasteiger partial charge in [0.1, 0.15) is 5.82 Å². The molecule has 2 aromatic rings. The van der Waals surface area contributed by atoms with E-state index in [0.717, 1.165) is 42.1 Å². The Hall–Kier alpha value is -2.17. The van der Waals surface area contributed by atoms with E-state index in [4.69, 9.17) is 5.11 Å². The Morgan fingerprint density at radius 1 is 1.30 bits per heavy atom. The first-order chi connectivity index (χ1) is 11.0. The Kier molecular flexibility index (Phi) is 4.46. The summed E-state index contributed by atoms with van der Waals surface area (Å²) in [7, 11) is 0. The van der Waals surface area contributed by atoms with Crippen LogP contribution in [0.2, 0.25) is 0 Å². The van der Waals surface area contributed by atoms with E-state index >= 15 is 0 Å². The minimum Gasteiger partial charge on any atom is -0.465 e. The molecule has 1 aliphatic rings. The molecule has 5 heteroatoms. The number of carboxylic acid groups (broad SMARTS) is 1. The fourth-order valence-corrected chi connectivity index (χ4v) is 3.74. The maximum atomic E-state index is 13.6. The summed E-state index contributed by atoms with van der Waals surface area (Å²) in [6.45, 7) is 1.93. The molecule has 1 aromatic heterocycles. The summed E-state index contributed by atoms with van der Waals surface area (Å²) < 4.78 is 13.6. The fraction of sp³-hybridized carbons (Fsp3) is 0.444. The summed E-state index contributed by atoms with van der Waals surface area (Å²) in [6.07, 6.45) is 4.76. The van der Waals surface area contributed by atoms with Crippen molar-refractivity contribution < 1.29 is 14.3 Å². The fourth-order valence-electron chi connectivity index (χ4n) is 3.74. The summed E-state index contributed by atoms with van der Waals surface area (Å²) in [6, 6.07) is 6.69. The van der Waals surface area contributed by atoms with Crippen molar-refractivity contribution in [2.24, 2.45) is 5.92 Å². The number of hydrogen-bond acceptors (Lipinski definition) is 2. The van der Waals surface area contributed by atoms with Crippen molar-refractivity contribution in [3.8, 4) is 0 Å². The quantitative estimate of drug-likeness (QED) is 0.887. The maximum absolute atomic E-state index is 13.6. The van der Waals surface area contributed by atoms with Crippen molar-refractivity contribution in [1.82, 2.24) is 10.3 Å². The molecule has 0 unspecified atom stereocenters. The molecule has 0 radical (unpaired) electrons. The van der Waals surface area contributed by atoms with Gasteiger partial charge < -0.3 is 10.4 Å². The van der Waals surface area contributed by atoms with E-state index in [1.807, 2.05) is 13.0 Å². The largest absolute Gasteiger partial charge is 0.465 e. The minimum atomic E-state index is -0.963. The summed E-state index contributed by atoms with van der Waals surface area (Å²) in [5.74, 6) is 0.516. The number of carbonyl (C=O) groups is 1. The second-order valence-corrected chi connectivity index (χ2v) is 6.41. The monoisotopic (exact) mass is 316 g/mol. The molecule has 23 heavy (non-hydrogen) atoms.